The van der Waals surface area contributed by atoms with Crippen LogP contribution in [0, 0.1) is 5.92 Å². The lowest BCUT2D eigenvalue weighted by Crippen LogP contribution is -2.45. The lowest BCUT2D eigenvalue weighted by molar-refractivity contribution is -0.137. The molecule has 0 spiro atoms. The second kappa shape index (κ2) is 4.44. The van der Waals surface area contributed by atoms with Crippen LogP contribution in [0.25, 0.3) is 0 Å². The van der Waals surface area contributed by atoms with Crippen molar-refractivity contribution in [2.75, 3.05) is 12.1 Å². The third-order valence-electron chi connectivity index (χ3n) is 3.41. The van der Waals surface area contributed by atoms with Gasteiger partial charge in [-0.25, -0.2) is 5.43 Å². The number of sulfonamides is 1. The van der Waals surface area contributed by atoms with Crippen molar-refractivity contribution in [3.63, 3.8) is 0 Å². The lowest BCUT2D eigenvalue weighted by atomic mass is 10.2. The molecule has 1 aliphatic carbocycles. The van der Waals surface area contributed by atoms with Gasteiger partial charge in [-0.15, -0.1) is 4.40 Å². The highest BCUT2D eigenvalue weighted by Crippen LogP contribution is 2.41. The van der Waals surface area contributed by atoms with Gasteiger partial charge in [-0.05, 0) is 31.0 Å². The van der Waals surface area contributed by atoms with Gasteiger partial charge in [-0.3, -0.25) is 5.01 Å². The van der Waals surface area contributed by atoms with Gasteiger partial charge in [0.1, 0.15) is 10.7 Å². The highest BCUT2D eigenvalue weighted by atomic mass is 32.2. The van der Waals surface area contributed by atoms with Crippen LogP contribution in [0.3, 0.4) is 0 Å². The number of amidine groups is 1. The molecule has 5 nitrogen and oxygen atoms in total. The summed E-state index contributed by atoms with van der Waals surface area (Å²) >= 11 is 0. The van der Waals surface area contributed by atoms with Crippen LogP contribution in [0.4, 0.5) is 18.9 Å². The summed E-state index contributed by atoms with van der Waals surface area (Å²) in [5.41, 5.74) is 1.94. The summed E-state index contributed by atoms with van der Waals surface area (Å²) in [5.74, 6) is 0.368. The number of hydrogen-bond acceptors (Lipinski definition) is 4. The van der Waals surface area contributed by atoms with E-state index in [-0.39, 0.29) is 11.6 Å². The fourth-order valence-corrected chi connectivity index (χ4v) is 3.53. The van der Waals surface area contributed by atoms with Gasteiger partial charge in [0, 0.05) is 13.0 Å². The van der Waals surface area contributed by atoms with Crippen LogP contribution in [0.1, 0.15) is 18.4 Å². The summed E-state index contributed by atoms with van der Waals surface area (Å²) in [7, 11) is -2.55. The number of hydrazine groups is 1. The molecule has 2 aliphatic rings. The van der Waals surface area contributed by atoms with Gasteiger partial charge in [0.05, 0.1) is 11.3 Å². The number of benzene rings is 1. The van der Waals surface area contributed by atoms with E-state index in [9.17, 15) is 21.6 Å². The first-order chi connectivity index (χ1) is 9.74. The molecule has 1 aromatic carbocycles. The first kappa shape index (κ1) is 14.3. The summed E-state index contributed by atoms with van der Waals surface area (Å²) in [6, 6.07) is 2.65. The molecule has 0 amide bonds. The van der Waals surface area contributed by atoms with Gasteiger partial charge >= 0.3 is 6.18 Å². The Labute approximate surface area is 119 Å². The quantitative estimate of drug-likeness (QED) is 0.907. The van der Waals surface area contributed by atoms with Crippen molar-refractivity contribution >= 4 is 21.5 Å². The van der Waals surface area contributed by atoms with E-state index in [1.165, 1.54) is 5.01 Å². The Hall–Kier alpha value is -1.61. The Morgan fingerprint density at radius 1 is 1.33 bits per heavy atom. The zero-order chi connectivity index (χ0) is 15.4. The molecular weight excluding hydrogens is 307 g/mol. The van der Waals surface area contributed by atoms with Crippen molar-refractivity contribution in [1.82, 2.24) is 5.43 Å². The van der Waals surface area contributed by atoms with Crippen molar-refractivity contribution in [3.8, 4) is 0 Å². The van der Waals surface area contributed by atoms with Crippen LogP contribution < -0.4 is 10.4 Å². The van der Waals surface area contributed by atoms with E-state index in [0.717, 1.165) is 25.0 Å². The largest absolute Gasteiger partial charge is 0.416 e. The lowest BCUT2D eigenvalue weighted by Gasteiger charge is -2.30. The molecular formula is C12H12F3N3O2S. The molecule has 0 bridgehead atoms. The van der Waals surface area contributed by atoms with Crippen molar-refractivity contribution in [2.24, 2.45) is 10.3 Å². The molecule has 0 atom stereocenters. The molecule has 3 rings (SSSR count). The molecule has 1 fully saturated rings. The minimum atomic E-state index is -4.60. The minimum absolute atomic E-state index is 0.0302. The maximum atomic E-state index is 12.7. The van der Waals surface area contributed by atoms with E-state index in [0.29, 0.717) is 11.9 Å². The van der Waals surface area contributed by atoms with Crippen LogP contribution in [0.15, 0.2) is 27.5 Å². The van der Waals surface area contributed by atoms with Gasteiger partial charge < -0.3 is 0 Å². The summed E-state index contributed by atoms with van der Waals surface area (Å²) in [4.78, 5) is -0.434. The maximum absolute atomic E-state index is 12.7. The Morgan fingerprint density at radius 3 is 2.52 bits per heavy atom. The Morgan fingerprint density at radius 2 is 2.00 bits per heavy atom. The normalized spacial score (nSPS) is 21.0. The topological polar surface area (TPSA) is 61.8 Å². The molecule has 0 radical (unpaired) electrons. The molecule has 114 valence electrons. The van der Waals surface area contributed by atoms with Gasteiger partial charge in [0.25, 0.3) is 10.0 Å². The van der Waals surface area contributed by atoms with E-state index in [4.69, 9.17) is 0 Å². The van der Waals surface area contributed by atoms with Crippen molar-refractivity contribution < 1.29 is 21.6 Å². The average Bonchev–Trinajstić information content (AvgIpc) is 3.21. The maximum Gasteiger partial charge on any atom is 0.416 e. The summed E-state index contributed by atoms with van der Waals surface area (Å²) in [6.45, 7) is 0. The zero-order valence-electron chi connectivity index (χ0n) is 11.0. The highest BCUT2D eigenvalue weighted by Gasteiger charge is 2.40. The summed E-state index contributed by atoms with van der Waals surface area (Å²) < 4.78 is 66.2. The number of hydrogen-bond donors (Lipinski definition) is 1. The molecule has 0 unspecified atom stereocenters. The van der Waals surface area contributed by atoms with Crippen LogP contribution in [-0.4, -0.2) is 21.3 Å². The predicted molar refractivity (Wildman–Crippen MR) is 70.3 cm³/mol. The average molecular weight is 319 g/mol. The van der Waals surface area contributed by atoms with Gasteiger partial charge in [0.15, 0.2) is 0 Å². The minimum Gasteiger partial charge on any atom is -0.261 e. The Kier molecular flexibility index (Phi) is 3.03. The molecule has 9 heteroatoms. The molecule has 1 aliphatic heterocycles. The van der Waals surface area contributed by atoms with Crippen molar-refractivity contribution in [2.45, 2.75) is 23.9 Å². The van der Waals surface area contributed by atoms with E-state index >= 15 is 0 Å². The second-order valence-corrected chi connectivity index (χ2v) is 6.51. The molecule has 1 heterocycles. The smallest absolute Gasteiger partial charge is 0.261 e. The number of anilines is 1. The third kappa shape index (κ3) is 2.40. The molecule has 1 aromatic rings. The predicted octanol–water partition coefficient (Wildman–Crippen LogP) is 2.16. The fraction of sp³-hybridized carbons (Fsp3) is 0.417. The van der Waals surface area contributed by atoms with E-state index in [1.54, 1.807) is 7.05 Å². The van der Waals surface area contributed by atoms with Crippen molar-refractivity contribution in [1.29, 1.82) is 0 Å². The van der Waals surface area contributed by atoms with Crippen LogP contribution in [-0.2, 0) is 16.2 Å². The van der Waals surface area contributed by atoms with E-state index in [1.807, 2.05) is 0 Å². The van der Waals surface area contributed by atoms with Gasteiger partial charge in [-0.2, -0.15) is 21.6 Å². The van der Waals surface area contributed by atoms with E-state index in [2.05, 4.69) is 9.82 Å². The van der Waals surface area contributed by atoms with Gasteiger partial charge in [-0.1, -0.05) is 0 Å². The van der Waals surface area contributed by atoms with E-state index < -0.39 is 26.7 Å². The molecule has 0 saturated heterocycles. The third-order valence-corrected chi connectivity index (χ3v) is 4.73. The molecule has 1 N–H and O–H groups in total. The van der Waals surface area contributed by atoms with Crippen molar-refractivity contribution in [3.05, 3.63) is 23.8 Å². The second-order valence-electron chi connectivity index (χ2n) is 4.94. The standard InChI is InChI=1S/C12H12F3N3O2S/c1-16-18-9-5-4-8(12(13,14)15)6-10(9)21(19,20)17-11(18)7-2-3-7/h4-7,16H,2-3H2,1H3. The Bertz CT molecular complexity index is 724. The van der Waals surface area contributed by atoms with Crippen LogP contribution >= 0.6 is 0 Å². The number of halogens is 3. The highest BCUT2D eigenvalue weighted by molar-refractivity contribution is 7.90. The number of nitrogens with zero attached hydrogens (tertiary/aromatic N) is 2. The molecule has 21 heavy (non-hydrogen) atoms. The Balaban J connectivity index is 2.18. The summed E-state index contributed by atoms with van der Waals surface area (Å²) in [5, 5.41) is 1.44. The first-order valence-electron chi connectivity index (χ1n) is 6.27. The fourth-order valence-electron chi connectivity index (χ4n) is 2.25. The number of fused-ring (bicyclic) bond motifs is 1. The number of alkyl halides is 3. The SMILES string of the molecule is CNN1C(C2CC2)=NS(=O)(=O)c2cc(C(F)(F)F)ccc21. The molecule has 0 aromatic heterocycles. The van der Waals surface area contributed by atoms with Crippen LogP contribution in [0.5, 0.6) is 0 Å². The molecule has 1 saturated carbocycles. The number of rotatable bonds is 2. The van der Waals surface area contributed by atoms with Crippen LogP contribution in [0.2, 0.25) is 0 Å². The zero-order valence-corrected chi connectivity index (χ0v) is 11.8. The monoisotopic (exact) mass is 319 g/mol. The summed E-state index contributed by atoms with van der Waals surface area (Å²) in [6.07, 6.45) is -2.96. The first-order valence-corrected chi connectivity index (χ1v) is 7.71. The number of nitrogens with one attached hydrogen (secondary N) is 1. The van der Waals surface area contributed by atoms with Gasteiger partial charge in [0.2, 0.25) is 0 Å².